The third-order valence-electron chi connectivity index (χ3n) is 3.90. The Labute approximate surface area is 144 Å². The lowest BCUT2D eigenvalue weighted by Crippen LogP contribution is -2.43. The van der Waals surface area contributed by atoms with Crippen LogP contribution in [0.3, 0.4) is 0 Å². The number of hydrogen-bond acceptors (Lipinski definition) is 5. The molecule has 0 fully saturated rings. The van der Waals surface area contributed by atoms with E-state index in [2.05, 4.69) is 10.3 Å². The maximum Gasteiger partial charge on any atom is 0.264 e. The zero-order chi connectivity index (χ0) is 17.1. The normalized spacial score (nSPS) is 15.6. The molecular weight excluding hydrogens is 320 g/mol. The van der Waals surface area contributed by atoms with Crippen LogP contribution in [0.15, 0.2) is 65.4 Å². The number of nitrogens with one attached hydrogen (secondary N) is 1. The summed E-state index contributed by atoms with van der Waals surface area (Å²) in [6.45, 7) is 0.505. The third-order valence-corrected chi connectivity index (χ3v) is 3.90. The van der Waals surface area contributed by atoms with E-state index in [9.17, 15) is 4.79 Å². The summed E-state index contributed by atoms with van der Waals surface area (Å²) in [7, 11) is 0. The van der Waals surface area contributed by atoms with Crippen LogP contribution in [0.25, 0.3) is 11.5 Å². The van der Waals surface area contributed by atoms with Gasteiger partial charge in [-0.25, -0.2) is 0 Å². The van der Waals surface area contributed by atoms with E-state index in [0.717, 1.165) is 5.56 Å². The molecule has 126 valence electrons. The first kappa shape index (κ1) is 15.3. The number of rotatable bonds is 4. The molecule has 0 radical (unpaired) electrons. The molecule has 1 aliphatic rings. The molecular formula is C19H16N2O4. The summed E-state index contributed by atoms with van der Waals surface area (Å²) >= 11 is 0. The van der Waals surface area contributed by atoms with Gasteiger partial charge < -0.3 is 19.2 Å². The van der Waals surface area contributed by atoms with E-state index in [1.165, 1.54) is 0 Å². The van der Waals surface area contributed by atoms with Gasteiger partial charge in [0.15, 0.2) is 17.3 Å². The van der Waals surface area contributed by atoms with Gasteiger partial charge in [0, 0.05) is 18.3 Å². The van der Waals surface area contributed by atoms with Crippen molar-refractivity contribution in [3.05, 3.63) is 66.6 Å². The van der Waals surface area contributed by atoms with Gasteiger partial charge in [-0.05, 0) is 30.3 Å². The summed E-state index contributed by atoms with van der Waals surface area (Å²) in [6.07, 6.45) is 2.61. The highest BCUT2D eigenvalue weighted by Crippen LogP contribution is 2.31. The van der Waals surface area contributed by atoms with Crippen LogP contribution in [-0.2, 0) is 11.3 Å². The predicted molar refractivity (Wildman–Crippen MR) is 90.1 cm³/mol. The average Bonchev–Trinajstić information content (AvgIpc) is 3.20. The fraction of sp³-hybridized carbons (Fsp3) is 0.158. The van der Waals surface area contributed by atoms with Crippen LogP contribution >= 0.6 is 0 Å². The minimum atomic E-state index is -0.682. The second kappa shape index (κ2) is 6.68. The number of amides is 1. The molecule has 6 nitrogen and oxygen atoms in total. The monoisotopic (exact) mass is 336 g/mol. The number of carbonyl (C=O) groups excluding carboxylic acids is 1. The SMILES string of the molecule is O=C(NCc1cccnc1-c1ccco1)[C@H]1COc2ccccc2O1. The molecule has 3 heterocycles. The standard InChI is InChI=1S/C19H16N2O4/c22-19(17-12-24-14-6-1-2-7-15(14)25-17)21-11-13-5-3-9-20-18(13)16-8-4-10-23-16/h1-10,17H,11-12H2,(H,21,22)/t17-/m1/s1. The molecule has 4 rings (SSSR count). The Morgan fingerprint density at radius 3 is 2.84 bits per heavy atom. The van der Waals surface area contributed by atoms with Crippen LogP contribution in [0.2, 0.25) is 0 Å². The number of hydrogen-bond donors (Lipinski definition) is 1. The topological polar surface area (TPSA) is 73.6 Å². The lowest BCUT2D eigenvalue weighted by molar-refractivity contribution is -0.130. The minimum Gasteiger partial charge on any atom is -0.485 e. The molecule has 1 aromatic carbocycles. The number of benzene rings is 1. The van der Waals surface area contributed by atoms with E-state index >= 15 is 0 Å². The third kappa shape index (κ3) is 3.19. The number of furan rings is 1. The molecule has 1 N–H and O–H groups in total. The van der Waals surface area contributed by atoms with Gasteiger partial charge in [0.05, 0.1) is 6.26 Å². The van der Waals surface area contributed by atoms with Crippen LogP contribution in [0.5, 0.6) is 11.5 Å². The molecule has 0 unspecified atom stereocenters. The van der Waals surface area contributed by atoms with Crippen molar-refractivity contribution >= 4 is 5.91 Å². The molecule has 0 aliphatic carbocycles. The molecule has 1 atom stereocenters. The van der Waals surface area contributed by atoms with Gasteiger partial charge in [-0.1, -0.05) is 18.2 Å². The number of fused-ring (bicyclic) bond motifs is 1. The molecule has 25 heavy (non-hydrogen) atoms. The first-order valence-electron chi connectivity index (χ1n) is 7.95. The van der Waals surface area contributed by atoms with Gasteiger partial charge in [-0.15, -0.1) is 0 Å². The Hall–Kier alpha value is -3.28. The zero-order valence-corrected chi connectivity index (χ0v) is 13.3. The number of carbonyl (C=O) groups is 1. The molecule has 0 saturated carbocycles. The second-order valence-corrected chi connectivity index (χ2v) is 5.57. The van der Waals surface area contributed by atoms with Crippen molar-refractivity contribution in [3.8, 4) is 23.0 Å². The highest BCUT2D eigenvalue weighted by molar-refractivity contribution is 5.82. The summed E-state index contributed by atoms with van der Waals surface area (Å²) in [5, 5.41) is 2.88. The molecule has 2 aromatic heterocycles. The van der Waals surface area contributed by atoms with E-state index in [4.69, 9.17) is 13.9 Å². The van der Waals surface area contributed by atoms with E-state index in [-0.39, 0.29) is 12.5 Å². The van der Waals surface area contributed by atoms with Crippen molar-refractivity contribution in [1.29, 1.82) is 0 Å². The average molecular weight is 336 g/mol. The van der Waals surface area contributed by atoms with Gasteiger partial charge >= 0.3 is 0 Å². The predicted octanol–water partition coefficient (Wildman–Crippen LogP) is 2.80. The molecule has 6 heteroatoms. The van der Waals surface area contributed by atoms with Crippen molar-refractivity contribution in [3.63, 3.8) is 0 Å². The van der Waals surface area contributed by atoms with Crippen molar-refractivity contribution in [2.45, 2.75) is 12.6 Å². The summed E-state index contributed by atoms with van der Waals surface area (Å²) in [5.41, 5.74) is 1.57. The summed E-state index contributed by atoms with van der Waals surface area (Å²) in [5.74, 6) is 1.66. The Kier molecular flexibility index (Phi) is 4.08. The van der Waals surface area contributed by atoms with Crippen LogP contribution in [0, 0.1) is 0 Å². The van der Waals surface area contributed by atoms with Crippen molar-refractivity contribution in [2.24, 2.45) is 0 Å². The molecule has 0 saturated heterocycles. The Bertz CT molecular complexity index is 877. The van der Waals surface area contributed by atoms with E-state index in [1.54, 1.807) is 24.6 Å². The number of nitrogens with zero attached hydrogens (tertiary/aromatic N) is 1. The fourth-order valence-corrected chi connectivity index (χ4v) is 2.66. The lowest BCUT2D eigenvalue weighted by atomic mass is 10.1. The van der Waals surface area contributed by atoms with Gasteiger partial charge in [0.25, 0.3) is 5.91 Å². The quantitative estimate of drug-likeness (QED) is 0.793. The first-order chi connectivity index (χ1) is 12.3. The maximum atomic E-state index is 12.4. The number of pyridine rings is 1. The smallest absolute Gasteiger partial charge is 0.264 e. The zero-order valence-electron chi connectivity index (χ0n) is 13.3. The molecule has 1 aliphatic heterocycles. The fourth-order valence-electron chi connectivity index (χ4n) is 2.66. The summed E-state index contributed by atoms with van der Waals surface area (Å²) < 4.78 is 16.7. The van der Waals surface area contributed by atoms with Crippen molar-refractivity contribution in [1.82, 2.24) is 10.3 Å². The van der Waals surface area contributed by atoms with Crippen LogP contribution in [0.4, 0.5) is 0 Å². The second-order valence-electron chi connectivity index (χ2n) is 5.57. The number of aromatic nitrogens is 1. The lowest BCUT2D eigenvalue weighted by Gasteiger charge is -2.25. The van der Waals surface area contributed by atoms with E-state index < -0.39 is 6.10 Å². The highest BCUT2D eigenvalue weighted by atomic mass is 16.6. The Balaban J connectivity index is 1.44. The van der Waals surface area contributed by atoms with E-state index in [1.807, 2.05) is 36.4 Å². The highest BCUT2D eigenvalue weighted by Gasteiger charge is 2.27. The largest absolute Gasteiger partial charge is 0.485 e. The molecule has 3 aromatic rings. The molecule has 0 spiro atoms. The summed E-state index contributed by atoms with van der Waals surface area (Å²) in [4.78, 5) is 16.8. The van der Waals surface area contributed by atoms with Crippen LogP contribution in [-0.4, -0.2) is 23.6 Å². The van der Waals surface area contributed by atoms with Crippen LogP contribution < -0.4 is 14.8 Å². The van der Waals surface area contributed by atoms with Crippen molar-refractivity contribution < 1.29 is 18.7 Å². The van der Waals surface area contributed by atoms with Gasteiger partial charge in [-0.2, -0.15) is 0 Å². The van der Waals surface area contributed by atoms with Gasteiger partial charge in [0.2, 0.25) is 6.10 Å². The molecule has 1 amide bonds. The summed E-state index contributed by atoms with van der Waals surface area (Å²) in [6, 6.07) is 14.7. The van der Waals surface area contributed by atoms with E-state index in [0.29, 0.717) is 29.5 Å². The minimum absolute atomic E-state index is 0.181. The van der Waals surface area contributed by atoms with Gasteiger partial charge in [0.1, 0.15) is 12.3 Å². The Morgan fingerprint density at radius 1 is 1.12 bits per heavy atom. The van der Waals surface area contributed by atoms with Crippen molar-refractivity contribution in [2.75, 3.05) is 6.61 Å². The first-order valence-corrected chi connectivity index (χ1v) is 7.95. The van der Waals surface area contributed by atoms with Gasteiger partial charge in [-0.3, -0.25) is 9.78 Å². The number of para-hydroxylation sites is 2. The van der Waals surface area contributed by atoms with Crippen LogP contribution in [0.1, 0.15) is 5.56 Å². The maximum absolute atomic E-state index is 12.4. The Morgan fingerprint density at radius 2 is 2.00 bits per heavy atom. The number of ether oxygens (including phenoxy) is 2. The molecule has 0 bridgehead atoms.